The van der Waals surface area contributed by atoms with Crippen molar-refractivity contribution in [3.63, 3.8) is 0 Å². The quantitative estimate of drug-likeness (QED) is 0.737. The first-order chi connectivity index (χ1) is 11.3. The van der Waals surface area contributed by atoms with E-state index >= 15 is 0 Å². The molecule has 0 aliphatic heterocycles. The molecule has 0 fully saturated rings. The molecule has 0 radical (unpaired) electrons. The number of aromatic nitrogens is 3. The first kappa shape index (κ1) is 15.0. The van der Waals surface area contributed by atoms with Crippen molar-refractivity contribution in [2.24, 2.45) is 10.7 Å². The van der Waals surface area contributed by atoms with Gasteiger partial charge in [0.25, 0.3) is 0 Å². The second kappa shape index (κ2) is 6.87. The molecule has 116 valence electrons. The lowest BCUT2D eigenvalue weighted by molar-refractivity contribution is 0.711. The largest absolute Gasteiger partial charge is 0.405 e. The zero-order valence-corrected chi connectivity index (χ0v) is 13.1. The van der Waals surface area contributed by atoms with Crippen molar-refractivity contribution in [2.75, 3.05) is 0 Å². The van der Waals surface area contributed by atoms with Crippen LogP contribution in [0.2, 0.25) is 0 Å². The molecule has 0 saturated carbocycles. The molecule has 23 heavy (non-hydrogen) atoms. The number of hydrogen-bond acceptors (Lipinski definition) is 4. The van der Waals surface area contributed by atoms with Crippen LogP contribution in [0.5, 0.6) is 0 Å². The van der Waals surface area contributed by atoms with E-state index in [1.54, 1.807) is 12.3 Å². The van der Waals surface area contributed by atoms with Crippen molar-refractivity contribution in [2.45, 2.75) is 20.0 Å². The van der Waals surface area contributed by atoms with Crippen molar-refractivity contribution in [3.8, 4) is 0 Å². The summed E-state index contributed by atoms with van der Waals surface area (Å²) in [7, 11) is 0. The molecule has 0 aliphatic rings. The fraction of sp³-hybridized carbons (Fsp3) is 0.167. The molecule has 2 aromatic heterocycles. The fourth-order valence-corrected chi connectivity index (χ4v) is 2.39. The standard InChI is InChI=1S/C18H19N5/c1-14-9-18-17(11-21-14)12-22-23(18)13-16-5-3-15(4-6-16)10-20-8-2-7-19/h2-9,11-12H,10,13,19H2,1H3/b7-2-,20-8?. The number of allylic oxidation sites excluding steroid dienone is 1. The van der Waals surface area contributed by atoms with Crippen LogP contribution >= 0.6 is 0 Å². The van der Waals surface area contributed by atoms with E-state index in [2.05, 4.69) is 45.4 Å². The van der Waals surface area contributed by atoms with E-state index in [9.17, 15) is 0 Å². The molecule has 5 nitrogen and oxygen atoms in total. The van der Waals surface area contributed by atoms with E-state index in [1.807, 2.05) is 24.0 Å². The van der Waals surface area contributed by atoms with Crippen LogP contribution in [0.3, 0.4) is 0 Å². The topological polar surface area (TPSA) is 69.1 Å². The summed E-state index contributed by atoms with van der Waals surface area (Å²) in [4.78, 5) is 8.57. The van der Waals surface area contributed by atoms with Gasteiger partial charge in [0.2, 0.25) is 0 Å². The maximum absolute atomic E-state index is 5.26. The number of nitrogens with zero attached hydrogens (tertiary/aromatic N) is 4. The first-order valence-electron chi connectivity index (χ1n) is 7.49. The minimum Gasteiger partial charge on any atom is -0.405 e. The highest BCUT2D eigenvalue weighted by molar-refractivity contribution is 5.77. The van der Waals surface area contributed by atoms with Gasteiger partial charge >= 0.3 is 0 Å². The molecule has 0 saturated heterocycles. The third-order valence-electron chi connectivity index (χ3n) is 3.59. The van der Waals surface area contributed by atoms with Gasteiger partial charge in [-0.25, -0.2) is 0 Å². The van der Waals surface area contributed by atoms with Gasteiger partial charge in [-0.15, -0.1) is 0 Å². The molecule has 3 rings (SSSR count). The lowest BCUT2D eigenvalue weighted by Gasteiger charge is -2.05. The number of aliphatic imine (C=N–C) groups is 1. The lowest BCUT2D eigenvalue weighted by Crippen LogP contribution is -2.01. The summed E-state index contributed by atoms with van der Waals surface area (Å²) in [6, 6.07) is 10.5. The molecule has 0 amide bonds. The van der Waals surface area contributed by atoms with Crippen LogP contribution in [-0.2, 0) is 13.1 Å². The van der Waals surface area contributed by atoms with Gasteiger partial charge < -0.3 is 5.73 Å². The summed E-state index contributed by atoms with van der Waals surface area (Å²) in [6.45, 7) is 3.39. The van der Waals surface area contributed by atoms with E-state index in [4.69, 9.17) is 5.73 Å². The number of nitrogens with two attached hydrogens (primary N) is 1. The summed E-state index contributed by atoms with van der Waals surface area (Å²) in [5.41, 5.74) is 9.74. The van der Waals surface area contributed by atoms with E-state index in [0.717, 1.165) is 23.1 Å². The summed E-state index contributed by atoms with van der Waals surface area (Å²) in [5, 5.41) is 5.52. The molecule has 2 N–H and O–H groups in total. The van der Waals surface area contributed by atoms with Crippen LogP contribution in [0.15, 0.2) is 60.0 Å². The summed E-state index contributed by atoms with van der Waals surface area (Å²) < 4.78 is 2.00. The highest BCUT2D eigenvalue weighted by Crippen LogP contribution is 2.15. The highest BCUT2D eigenvalue weighted by Gasteiger charge is 2.04. The fourth-order valence-electron chi connectivity index (χ4n) is 2.39. The van der Waals surface area contributed by atoms with Crippen molar-refractivity contribution in [3.05, 3.63) is 71.8 Å². The average molecular weight is 305 g/mol. The number of rotatable bonds is 5. The number of fused-ring (bicyclic) bond motifs is 1. The lowest BCUT2D eigenvalue weighted by atomic mass is 10.1. The van der Waals surface area contributed by atoms with E-state index < -0.39 is 0 Å². The average Bonchev–Trinajstić information content (AvgIpc) is 2.95. The second-order valence-electron chi connectivity index (χ2n) is 5.38. The maximum atomic E-state index is 5.26. The monoisotopic (exact) mass is 305 g/mol. The summed E-state index contributed by atoms with van der Waals surface area (Å²) in [5.74, 6) is 0. The third kappa shape index (κ3) is 3.63. The van der Waals surface area contributed by atoms with Gasteiger partial charge in [-0.3, -0.25) is 14.7 Å². The molecule has 5 heteroatoms. The second-order valence-corrected chi connectivity index (χ2v) is 5.38. The van der Waals surface area contributed by atoms with Gasteiger partial charge in [-0.1, -0.05) is 24.3 Å². The SMILES string of the molecule is Cc1cc2c(cn1)cnn2Cc1ccc(CN=C/C=C\N)cc1. The van der Waals surface area contributed by atoms with Gasteiger partial charge in [0, 0.05) is 23.5 Å². The van der Waals surface area contributed by atoms with Crippen LogP contribution < -0.4 is 5.73 Å². The van der Waals surface area contributed by atoms with Crippen LogP contribution in [0.4, 0.5) is 0 Å². The van der Waals surface area contributed by atoms with Crippen molar-refractivity contribution in [1.29, 1.82) is 0 Å². The summed E-state index contributed by atoms with van der Waals surface area (Å²) in [6.07, 6.45) is 8.62. The highest BCUT2D eigenvalue weighted by atomic mass is 15.3. The number of benzene rings is 1. The molecular weight excluding hydrogens is 286 g/mol. The predicted octanol–water partition coefficient (Wildman–Crippen LogP) is 2.83. The Morgan fingerprint density at radius 2 is 1.96 bits per heavy atom. The Bertz CT molecular complexity index is 843. The minimum absolute atomic E-state index is 0.653. The van der Waals surface area contributed by atoms with Crippen molar-refractivity contribution < 1.29 is 0 Å². The van der Waals surface area contributed by atoms with Gasteiger partial charge in [-0.2, -0.15) is 5.10 Å². The van der Waals surface area contributed by atoms with Crippen LogP contribution in [0, 0.1) is 6.92 Å². The molecule has 2 heterocycles. The Morgan fingerprint density at radius 1 is 1.17 bits per heavy atom. The van der Waals surface area contributed by atoms with Gasteiger partial charge in [0.1, 0.15) is 0 Å². The Labute approximate surface area is 135 Å². The normalized spacial score (nSPS) is 11.9. The number of aryl methyl sites for hydroxylation is 1. The predicted molar refractivity (Wildman–Crippen MR) is 93.3 cm³/mol. The molecular formula is C18H19N5. The van der Waals surface area contributed by atoms with Gasteiger partial charge in [0.15, 0.2) is 0 Å². The zero-order valence-electron chi connectivity index (χ0n) is 13.1. The smallest absolute Gasteiger partial charge is 0.0719 e. The number of pyridine rings is 1. The molecule has 0 spiro atoms. The third-order valence-corrected chi connectivity index (χ3v) is 3.59. The maximum Gasteiger partial charge on any atom is 0.0719 e. The minimum atomic E-state index is 0.653. The first-order valence-corrected chi connectivity index (χ1v) is 7.49. The molecule has 3 aromatic rings. The Kier molecular flexibility index (Phi) is 4.47. The van der Waals surface area contributed by atoms with E-state index in [1.165, 1.54) is 17.3 Å². The Balaban J connectivity index is 1.73. The van der Waals surface area contributed by atoms with Gasteiger partial charge in [0.05, 0.1) is 24.8 Å². The Morgan fingerprint density at radius 3 is 2.74 bits per heavy atom. The molecule has 0 unspecified atom stereocenters. The summed E-state index contributed by atoms with van der Waals surface area (Å²) >= 11 is 0. The van der Waals surface area contributed by atoms with Crippen LogP contribution in [0.25, 0.3) is 10.9 Å². The van der Waals surface area contributed by atoms with Crippen molar-refractivity contribution in [1.82, 2.24) is 14.8 Å². The van der Waals surface area contributed by atoms with Crippen molar-refractivity contribution >= 4 is 17.1 Å². The van der Waals surface area contributed by atoms with Gasteiger partial charge in [-0.05, 0) is 36.4 Å². The van der Waals surface area contributed by atoms with Crippen LogP contribution in [-0.4, -0.2) is 21.0 Å². The zero-order chi connectivity index (χ0) is 16.1. The molecule has 1 aromatic carbocycles. The van der Waals surface area contributed by atoms with Crippen LogP contribution in [0.1, 0.15) is 16.8 Å². The van der Waals surface area contributed by atoms with E-state index in [0.29, 0.717) is 6.54 Å². The van der Waals surface area contributed by atoms with E-state index in [-0.39, 0.29) is 0 Å². The number of hydrogen-bond donors (Lipinski definition) is 1. The molecule has 0 bridgehead atoms. The Hall–Kier alpha value is -2.95. The molecule has 0 aliphatic carbocycles. The molecule has 0 atom stereocenters.